The first-order valence-electron chi connectivity index (χ1n) is 7.31. The quantitative estimate of drug-likeness (QED) is 0.767. The van der Waals surface area contributed by atoms with Gasteiger partial charge in [0.1, 0.15) is 5.60 Å². The second-order valence-corrected chi connectivity index (χ2v) is 5.73. The molecule has 0 saturated carbocycles. The summed E-state index contributed by atoms with van der Waals surface area (Å²) >= 11 is 0. The number of aryl methyl sites for hydroxylation is 1. The van der Waals surface area contributed by atoms with Gasteiger partial charge < -0.3 is 10.4 Å². The number of hydrogen-bond acceptors (Lipinski definition) is 4. The summed E-state index contributed by atoms with van der Waals surface area (Å²) in [6.07, 6.45) is 4.93. The maximum atomic E-state index is 12.5. The van der Waals surface area contributed by atoms with Crippen molar-refractivity contribution in [3.8, 4) is 0 Å². The number of rotatable bonds is 4. The number of nitrogens with one attached hydrogen (secondary N) is 1. The summed E-state index contributed by atoms with van der Waals surface area (Å²) in [5.41, 5.74) is 0.767. The second kappa shape index (κ2) is 5.81. The van der Waals surface area contributed by atoms with E-state index >= 15 is 0 Å². The maximum absolute atomic E-state index is 12.5. The van der Waals surface area contributed by atoms with Crippen LogP contribution in [0.1, 0.15) is 22.8 Å². The van der Waals surface area contributed by atoms with Crippen LogP contribution >= 0.6 is 0 Å². The van der Waals surface area contributed by atoms with Gasteiger partial charge in [-0.15, -0.1) is 0 Å². The molecule has 2 N–H and O–H groups in total. The Hall–Kier alpha value is -2.73. The van der Waals surface area contributed by atoms with Crippen molar-refractivity contribution in [2.75, 3.05) is 6.54 Å². The molecule has 0 spiro atoms. The van der Waals surface area contributed by atoms with E-state index < -0.39 is 5.60 Å². The molecule has 3 rings (SSSR count). The van der Waals surface area contributed by atoms with Crippen LogP contribution in [0.4, 0.5) is 0 Å². The lowest BCUT2D eigenvalue weighted by atomic mass is 9.99. The van der Waals surface area contributed by atoms with Crippen molar-refractivity contribution in [1.82, 2.24) is 20.1 Å². The second-order valence-electron chi connectivity index (χ2n) is 5.73. The Labute approximate surface area is 133 Å². The van der Waals surface area contributed by atoms with Crippen LogP contribution in [-0.4, -0.2) is 32.3 Å². The molecule has 0 aliphatic heterocycles. The number of nitrogens with zero attached hydrogens (tertiary/aromatic N) is 3. The van der Waals surface area contributed by atoms with Crippen molar-refractivity contribution in [2.24, 2.45) is 7.05 Å². The summed E-state index contributed by atoms with van der Waals surface area (Å²) in [5.74, 6) is -0.243. The first-order valence-corrected chi connectivity index (χ1v) is 7.31. The van der Waals surface area contributed by atoms with E-state index in [9.17, 15) is 9.90 Å². The fraction of sp³-hybridized carbons (Fsp3) is 0.235. The van der Waals surface area contributed by atoms with Crippen molar-refractivity contribution in [3.63, 3.8) is 0 Å². The van der Waals surface area contributed by atoms with E-state index in [1.165, 1.54) is 0 Å². The smallest absolute Gasteiger partial charge is 0.252 e. The largest absolute Gasteiger partial charge is 0.383 e. The lowest BCUT2D eigenvalue weighted by molar-refractivity contribution is 0.0526. The number of carbonyl (C=O) groups is 1. The minimum absolute atomic E-state index is 0.0914. The van der Waals surface area contributed by atoms with Gasteiger partial charge in [-0.1, -0.05) is 18.2 Å². The molecule has 2 aromatic heterocycles. The molecular formula is C17H18N4O2. The zero-order chi connectivity index (χ0) is 16.4. The van der Waals surface area contributed by atoms with Crippen LogP contribution in [0.3, 0.4) is 0 Å². The van der Waals surface area contributed by atoms with E-state index in [1.807, 2.05) is 24.3 Å². The minimum Gasteiger partial charge on any atom is -0.383 e. The number of carbonyl (C=O) groups excluding carboxylic acids is 1. The van der Waals surface area contributed by atoms with Gasteiger partial charge in [-0.05, 0) is 19.1 Å². The average Bonchev–Trinajstić information content (AvgIpc) is 2.99. The van der Waals surface area contributed by atoms with E-state index in [4.69, 9.17) is 0 Å². The number of aliphatic hydroxyl groups is 1. The van der Waals surface area contributed by atoms with Crippen LogP contribution in [0.5, 0.6) is 0 Å². The van der Waals surface area contributed by atoms with Gasteiger partial charge in [0, 0.05) is 30.4 Å². The summed E-state index contributed by atoms with van der Waals surface area (Å²) < 4.78 is 1.61. The number of amides is 1. The summed E-state index contributed by atoms with van der Waals surface area (Å²) in [5, 5.41) is 18.1. The normalized spacial score (nSPS) is 13.7. The molecule has 1 unspecified atom stereocenters. The van der Waals surface area contributed by atoms with Gasteiger partial charge in [0.25, 0.3) is 5.91 Å². The van der Waals surface area contributed by atoms with Crippen molar-refractivity contribution >= 4 is 16.8 Å². The highest BCUT2D eigenvalue weighted by molar-refractivity contribution is 6.05. The molecule has 1 amide bonds. The van der Waals surface area contributed by atoms with Crippen LogP contribution in [0.25, 0.3) is 10.9 Å². The standard InChI is InChI=1S/C17H18N4O2/c1-17(23,12-9-20-21(2)10-12)11-19-16(22)14-7-8-18-15-6-4-3-5-13(14)15/h3-10,23H,11H2,1-2H3,(H,19,22). The third kappa shape index (κ3) is 3.07. The Balaban J connectivity index is 1.79. The molecule has 6 heteroatoms. The van der Waals surface area contributed by atoms with Gasteiger partial charge in [0.2, 0.25) is 0 Å². The number of aromatic nitrogens is 3. The van der Waals surface area contributed by atoms with Gasteiger partial charge in [0.05, 0.1) is 23.8 Å². The Morgan fingerprint density at radius 2 is 2.13 bits per heavy atom. The molecule has 0 saturated heterocycles. The fourth-order valence-corrected chi connectivity index (χ4v) is 2.44. The van der Waals surface area contributed by atoms with Crippen LogP contribution in [0.2, 0.25) is 0 Å². The van der Waals surface area contributed by atoms with E-state index in [1.54, 1.807) is 43.3 Å². The summed E-state index contributed by atoms with van der Waals surface area (Å²) in [4.78, 5) is 16.7. The van der Waals surface area contributed by atoms with E-state index in [2.05, 4.69) is 15.4 Å². The molecule has 23 heavy (non-hydrogen) atoms. The minimum atomic E-state index is -1.19. The van der Waals surface area contributed by atoms with Crippen molar-refractivity contribution in [1.29, 1.82) is 0 Å². The van der Waals surface area contributed by atoms with Gasteiger partial charge in [-0.3, -0.25) is 14.5 Å². The Morgan fingerprint density at radius 3 is 2.87 bits per heavy atom. The molecule has 1 atom stereocenters. The highest BCUT2D eigenvalue weighted by atomic mass is 16.3. The molecule has 0 radical (unpaired) electrons. The molecule has 1 aromatic carbocycles. The third-order valence-electron chi connectivity index (χ3n) is 3.81. The number of hydrogen-bond donors (Lipinski definition) is 2. The molecule has 0 bridgehead atoms. The molecule has 6 nitrogen and oxygen atoms in total. The van der Waals surface area contributed by atoms with Crippen molar-refractivity contribution in [2.45, 2.75) is 12.5 Å². The summed E-state index contributed by atoms with van der Waals surface area (Å²) in [7, 11) is 1.78. The average molecular weight is 310 g/mol. The first kappa shape index (κ1) is 15.2. The third-order valence-corrected chi connectivity index (χ3v) is 3.81. The highest BCUT2D eigenvalue weighted by Gasteiger charge is 2.25. The first-order chi connectivity index (χ1) is 11.0. The van der Waals surface area contributed by atoms with Crippen LogP contribution < -0.4 is 5.32 Å². The summed E-state index contributed by atoms with van der Waals surface area (Å²) in [6, 6.07) is 9.14. The van der Waals surface area contributed by atoms with Crippen molar-refractivity contribution in [3.05, 3.63) is 60.0 Å². The van der Waals surface area contributed by atoms with Gasteiger partial charge >= 0.3 is 0 Å². The van der Waals surface area contributed by atoms with Crippen LogP contribution in [-0.2, 0) is 12.6 Å². The number of benzene rings is 1. The van der Waals surface area contributed by atoms with E-state index in [0.717, 1.165) is 10.9 Å². The Bertz CT molecular complexity index is 849. The van der Waals surface area contributed by atoms with Gasteiger partial charge in [0.15, 0.2) is 0 Å². The van der Waals surface area contributed by atoms with Gasteiger partial charge in [-0.25, -0.2) is 0 Å². The van der Waals surface area contributed by atoms with E-state index in [-0.39, 0.29) is 12.5 Å². The topological polar surface area (TPSA) is 80.0 Å². The number of pyridine rings is 1. The van der Waals surface area contributed by atoms with E-state index in [0.29, 0.717) is 11.1 Å². The van der Waals surface area contributed by atoms with Crippen LogP contribution in [0.15, 0.2) is 48.9 Å². The lowest BCUT2D eigenvalue weighted by Gasteiger charge is -2.22. The molecule has 118 valence electrons. The zero-order valence-corrected chi connectivity index (χ0v) is 13.0. The molecular weight excluding hydrogens is 292 g/mol. The molecule has 0 fully saturated rings. The number of para-hydroxylation sites is 1. The molecule has 0 aliphatic rings. The highest BCUT2D eigenvalue weighted by Crippen LogP contribution is 2.20. The van der Waals surface area contributed by atoms with Crippen LogP contribution in [0, 0.1) is 0 Å². The summed E-state index contributed by atoms with van der Waals surface area (Å²) in [6.45, 7) is 1.74. The predicted octanol–water partition coefficient (Wildman–Crippen LogP) is 1.61. The predicted molar refractivity (Wildman–Crippen MR) is 86.9 cm³/mol. The molecule has 0 aliphatic carbocycles. The van der Waals surface area contributed by atoms with Gasteiger partial charge in [-0.2, -0.15) is 5.10 Å². The Morgan fingerprint density at radius 1 is 1.35 bits per heavy atom. The van der Waals surface area contributed by atoms with Crippen molar-refractivity contribution < 1.29 is 9.90 Å². The zero-order valence-electron chi connectivity index (χ0n) is 13.0. The molecule has 2 heterocycles. The monoisotopic (exact) mass is 310 g/mol. The fourth-order valence-electron chi connectivity index (χ4n) is 2.44. The maximum Gasteiger partial charge on any atom is 0.252 e. The number of fused-ring (bicyclic) bond motifs is 1. The SMILES string of the molecule is Cn1cc(C(C)(O)CNC(=O)c2ccnc3ccccc23)cn1. The Kier molecular flexibility index (Phi) is 3.83. The lowest BCUT2D eigenvalue weighted by Crippen LogP contribution is -2.38. The molecule has 3 aromatic rings.